The van der Waals surface area contributed by atoms with Crippen LogP contribution >= 0.6 is 0 Å². The largest absolute Gasteiger partial charge is 0.490 e. The number of aromatic nitrogens is 2. The van der Waals surface area contributed by atoms with Crippen molar-refractivity contribution in [1.82, 2.24) is 9.38 Å². The predicted molar refractivity (Wildman–Crippen MR) is 103 cm³/mol. The molecule has 1 amide bonds. The molecule has 27 heavy (non-hydrogen) atoms. The van der Waals surface area contributed by atoms with Crippen LogP contribution in [0.3, 0.4) is 0 Å². The Morgan fingerprint density at radius 2 is 2.07 bits per heavy atom. The first-order valence-electron chi connectivity index (χ1n) is 9.07. The Morgan fingerprint density at radius 3 is 2.81 bits per heavy atom. The first kappa shape index (κ1) is 17.3. The molecule has 1 aromatic carbocycles. The van der Waals surface area contributed by atoms with E-state index in [9.17, 15) is 9.59 Å². The van der Waals surface area contributed by atoms with E-state index in [2.05, 4.69) is 4.98 Å². The number of Topliss-reactive ketones (excluding diaryl/α,β-unsaturated/α-hetero) is 1. The lowest BCUT2D eigenvalue weighted by Gasteiger charge is -2.18. The van der Waals surface area contributed by atoms with E-state index in [4.69, 9.17) is 4.74 Å². The average Bonchev–Trinajstić information content (AvgIpc) is 3.22. The number of rotatable bonds is 4. The van der Waals surface area contributed by atoms with Crippen molar-refractivity contribution >= 4 is 23.0 Å². The van der Waals surface area contributed by atoms with Gasteiger partial charge >= 0.3 is 0 Å². The maximum Gasteiger partial charge on any atom is 0.277 e. The van der Waals surface area contributed by atoms with Gasteiger partial charge in [0.15, 0.2) is 17.2 Å². The fourth-order valence-corrected chi connectivity index (χ4v) is 3.64. The van der Waals surface area contributed by atoms with Gasteiger partial charge in [-0.1, -0.05) is 0 Å². The normalized spacial score (nSPS) is 13.1. The number of imidazole rings is 1. The second-order valence-corrected chi connectivity index (χ2v) is 6.65. The van der Waals surface area contributed by atoms with Crippen molar-refractivity contribution in [2.45, 2.75) is 27.2 Å². The van der Waals surface area contributed by atoms with Crippen LogP contribution in [0.2, 0.25) is 0 Å². The van der Waals surface area contributed by atoms with Gasteiger partial charge in [-0.3, -0.25) is 14.0 Å². The van der Waals surface area contributed by atoms with Gasteiger partial charge in [0.05, 0.1) is 12.3 Å². The first-order chi connectivity index (χ1) is 13.0. The molecular formula is C21H21N3O3. The molecule has 3 heterocycles. The van der Waals surface area contributed by atoms with Gasteiger partial charge in [0.1, 0.15) is 5.69 Å². The van der Waals surface area contributed by atoms with E-state index in [0.29, 0.717) is 41.5 Å². The molecule has 0 bridgehead atoms. The van der Waals surface area contributed by atoms with Gasteiger partial charge in [0, 0.05) is 24.0 Å². The topological polar surface area (TPSA) is 63.9 Å². The molecule has 2 aromatic heterocycles. The Kier molecular flexibility index (Phi) is 4.18. The number of ketones is 1. The fourth-order valence-electron chi connectivity index (χ4n) is 3.64. The van der Waals surface area contributed by atoms with E-state index in [1.54, 1.807) is 22.3 Å². The molecule has 4 rings (SSSR count). The molecule has 1 aliphatic heterocycles. The number of benzene rings is 1. The highest BCUT2D eigenvalue weighted by atomic mass is 16.5. The van der Waals surface area contributed by atoms with Gasteiger partial charge in [0.2, 0.25) is 0 Å². The Hall–Kier alpha value is -3.15. The minimum absolute atomic E-state index is 0.0312. The Balaban J connectivity index is 1.76. The summed E-state index contributed by atoms with van der Waals surface area (Å²) in [6.07, 6.45) is 2.57. The number of aryl methyl sites for hydroxylation is 1. The van der Waals surface area contributed by atoms with Crippen molar-refractivity contribution in [2.75, 3.05) is 18.1 Å². The van der Waals surface area contributed by atoms with Crippen molar-refractivity contribution in [3.63, 3.8) is 0 Å². The average molecular weight is 363 g/mol. The number of nitrogens with zero attached hydrogens (tertiary/aromatic N) is 3. The maximum atomic E-state index is 13.4. The third kappa shape index (κ3) is 2.77. The molecule has 0 atom stereocenters. The van der Waals surface area contributed by atoms with Crippen molar-refractivity contribution in [3.8, 4) is 5.75 Å². The monoisotopic (exact) mass is 363 g/mol. The van der Waals surface area contributed by atoms with Crippen LogP contribution in [0, 0.1) is 6.92 Å². The Bertz CT molecular complexity index is 1070. The zero-order valence-electron chi connectivity index (χ0n) is 15.7. The van der Waals surface area contributed by atoms with Crippen molar-refractivity contribution in [2.24, 2.45) is 0 Å². The highest BCUT2D eigenvalue weighted by Crippen LogP contribution is 2.31. The lowest BCUT2D eigenvalue weighted by molar-refractivity contribution is 0.0981. The molecule has 138 valence electrons. The highest BCUT2D eigenvalue weighted by Gasteiger charge is 2.29. The van der Waals surface area contributed by atoms with Crippen LogP contribution < -0.4 is 9.64 Å². The third-order valence-corrected chi connectivity index (χ3v) is 4.92. The summed E-state index contributed by atoms with van der Waals surface area (Å²) in [5.74, 6) is 0.599. The number of carbonyl (C=O) groups excluding carboxylic acids is 2. The molecule has 3 aromatic rings. The van der Waals surface area contributed by atoms with Crippen LogP contribution in [0.1, 0.15) is 46.0 Å². The summed E-state index contributed by atoms with van der Waals surface area (Å²) in [7, 11) is 0. The van der Waals surface area contributed by atoms with Gasteiger partial charge in [-0.15, -0.1) is 0 Å². The molecule has 0 fully saturated rings. The zero-order valence-corrected chi connectivity index (χ0v) is 15.7. The minimum Gasteiger partial charge on any atom is -0.490 e. The van der Waals surface area contributed by atoms with Crippen LogP contribution in [0.4, 0.5) is 5.69 Å². The molecular weight excluding hydrogens is 342 g/mol. The summed E-state index contributed by atoms with van der Waals surface area (Å²) in [5, 5.41) is 0. The van der Waals surface area contributed by atoms with E-state index in [-0.39, 0.29) is 11.7 Å². The Morgan fingerprint density at radius 1 is 1.26 bits per heavy atom. The van der Waals surface area contributed by atoms with Crippen molar-refractivity contribution in [1.29, 1.82) is 0 Å². The minimum atomic E-state index is -0.0945. The molecule has 6 heteroatoms. The molecule has 0 aliphatic carbocycles. The van der Waals surface area contributed by atoms with Crippen molar-refractivity contribution < 1.29 is 14.3 Å². The Labute approximate surface area is 157 Å². The summed E-state index contributed by atoms with van der Waals surface area (Å²) >= 11 is 0. The van der Waals surface area contributed by atoms with E-state index in [1.165, 1.54) is 0 Å². The summed E-state index contributed by atoms with van der Waals surface area (Å²) in [5.41, 5.74) is 4.41. The van der Waals surface area contributed by atoms with Gasteiger partial charge in [-0.2, -0.15) is 0 Å². The third-order valence-electron chi connectivity index (χ3n) is 4.92. The second-order valence-electron chi connectivity index (χ2n) is 6.65. The molecule has 0 radical (unpaired) electrons. The maximum absolute atomic E-state index is 13.4. The summed E-state index contributed by atoms with van der Waals surface area (Å²) < 4.78 is 7.44. The molecule has 0 saturated carbocycles. The molecule has 1 aliphatic rings. The van der Waals surface area contributed by atoms with E-state index in [1.807, 2.05) is 44.3 Å². The number of anilines is 1. The summed E-state index contributed by atoms with van der Waals surface area (Å²) in [4.78, 5) is 31.3. The fraction of sp³-hybridized carbons (Fsp3) is 0.286. The molecule has 0 N–H and O–H groups in total. The molecule has 0 spiro atoms. The van der Waals surface area contributed by atoms with E-state index >= 15 is 0 Å². The van der Waals surface area contributed by atoms with Gasteiger partial charge in [-0.25, -0.2) is 4.98 Å². The van der Waals surface area contributed by atoms with Crippen molar-refractivity contribution in [3.05, 3.63) is 59.0 Å². The number of carbonyl (C=O) groups is 2. The zero-order chi connectivity index (χ0) is 19.1. The molecule has 6 nitrogen and oxygen atoms in total. The van der Waals surface area contributed by atoms with Crippen LogP contribution in [0.15, 0.2) is 36.5 Å². The van der Waals surface area contributed by atoms with E-state index < -0.39 is 0 Å². The van der Waals surface area contributed by atoms with Gasteiger partial charge in [-0.05, 0) is 63.1 Å². The smallest absolute Gasteiger partial charge is 0.277 e. The number of hydrogen-bond acceptors (Lipinski definition) is 4. The first-order valence-corrected chi connectivity index (χ1v) is 9.07. The number of ether oxygens (including phenoxy) is 1. The summed E-state index contributed by atoms with van der Waals surface area (Å²) in [6, 6.07) is 9.24. The molecule has 0 saturated heterocycles. The van der Waals surface area contributed by atoms with Crippen LogP contribution in [0.5, 0.6) is 5.75 Å². The van der Waals surface area contributed by atoms with Crippen LogP contribution in [0.25, 0.3) is 5.65 Å². The quantitative estimate of drug-likeness (QED) is 0.666. The lowest BCUT2D eigenvalue weighted by Crippen LogP contribution is -2.30. The number of hydrogen-bond donors (Lipinski definition) is 0. The van der Waals surface area contributed by atoms with Gasteiger partial charge in [0.25, 0.3) is 5.91 Å². The standard InChI is InChI=1S/C21H21N3O3/c1-4-27-18-6-5-10-24-19(13(2)22-20(18)24)21(26)23-11-9-16-12-15(14(3)25)7-8-17(16)23/h5-8,10,12H,4,9,11H2,1-3H3. The lowest BCUT2D eigenvalue weighted by atomic mass is 10.1. The van der Waals surface area contributed by atoms with Crippen LogP contribution in [-0.4, -0.2) is 34.2 Å². The predicted octanol–water partition coefficient (Wildman–Crippen LogP) is 3.45. The highest BCUT2D eigenvalue weighted by molar-refractivity contribution is 6.08. The summed E-state index contributed by atoms with van der Waals surface area (Å²) in [6.45, 7) is 6.44. The second kappa shape index (κ2) is 6.54. The number of pyridine rings is 1. The van der Waals surface area contributed by atoms with Crippen LogP contribution in [-0.2, 0) is 6.42 Å². The van der Waals surface area contributed by atoms with E-state index in [0.717, 1.165) is 17.7 Å². The van der Waals surface area contributed by atoms with Gasteiger partial charge < -0.3 is 9.64 Å². The SMILES string of the molecule is CCOc1cccn2c(C(=O)N3CCc4cc(C(C)=O)ccc43)c(C)nc12. The number of amides is 1. The molecule has 0 unspecified atom stereocenters. The number of fused-ring (bicyclic) bond motifs is 2.